The van der Waals surface area contributed by atoms with Crippen molar-refractivity contribution in [1.29, 1.82) is 0 Å². The van der Waals surface area contributed by atoms with Crippen molar-refractivity contribution in [2.45, 2.75) is 20.3 Å². The minimum absolute atomic E-state index is 0.708. The van der Waals surface area contributed by atoms with E-state index in [2.05, 4.69) is 44.2 Å². The molecule has 1 aliphatic rings. The van der Waals surface area contributed by atoms with Gasteiger partial charge in [0.25, 0.3) is 0 Å². The highest BCUT2D eigenvalue weighted by Crippen LogP contribution is 2.23. The quantitative estimate of drug-likeness (QED) is 0.544. The van der Waals surface area contributed by atoms with E-state index < -0.39 is 0 Å². The number of allylic oxidation sites excluding steroid dienone is 1. The first-order valence-corrected chi connectivity index (χ1v) is 4.53. The van der Waals surface area contributed by atoms with Gasteiger partial charge in [-0.2, -0.15) is 0 Å². The second-order valence-corrected chi connectivity index (χ2v) is 3.74. The predicted octanol–water partition coefficient (Wildman–Crippen LogP) is 3.20. The van der Waals surface area contributed by atoms with E-state index in [4.69, 9.17) is 0 Å². The molecule has 0 N–H and O–H groups in total. The summed E-state index contributed by atoms with van der Waals surface area (Å²) in [5, 5.41) is 0. The summed E-state index contributed by atoms with van der Waals surface area (Å²) in [5.41, 5.74) is 4.28. The minimum atomic E-state index is 0.708. The monoisotopic (exact) mass is 158 g/mol. The largest absolute Gasteiger partial charge is 0.0808 e. The average Bonchev–Trinajstić information content (AvgIpc) is 2.03. The summed E-state index contributed by atoms with van der Waals surface area (Å²) >= 11 is 0. The maximum Gasteiger partial charge on any atom is -0.0212 e. The highest BCUT2D eigenvalue weighted by Gasteiger charge is 2.08. The van der Waals surface area contributed by atoms with Crippen molar-refractivity contribution >= 4 is 6.08 Å². The number of fused-ring (bicyclic) bond motifs is 1. The Morgan fingerprint density at radius 2 is 2.17 bits per heavy atom. The van der Waals surface area contributed by atoms with Gasteiger partial charge >= 0.3 is 0 Å². The summed E-state index contributed by atoms with van der Waals surface area (Å²) in [7, 11) is 0. The lowest BCUT2D eigenvalue weighted by Crippen LogP contribution is -2.03. The zero-order valence-corrected chi connectivity index (χ0v) is 7.67. The third-order valence-corrected chi connectivity index (χ3v) is 2.44. The first-order chi connectivity index (χ1) is 5.75. The molecule has 0 fully saturated rings. The molecule has 0 amide bonds. The fraction of sp³-hybridized carbons (Fsp3) is 0.333. The summed E-state index contributed by atoms with van der Waals surface area (Å²) in [6.45, 7) is 4.42. The van der Waals surface area contributed by atoms with Gasteiger partial charge < -0.3 is 0 Å². The zero-order valence-electron chi connectivity index (χ0n) is 7.67. The number of hydrogen-bond acceptors (Lipinski definition) is 0. The third-order valence-electron chi connectivity index (χ3n) is 2.44. The van der Waals surface area contributed by atoms with Gasteiger partial charge in [0.1, 0.15) is 0 Å². The summed E-state index contributed by atoms with van der Waals surface area (Å²) in [4.78, 5) is 0. The van der Waals surface area contributed by atoms with Crippen molar-refractivity contribution in [3.8, 4) is 0 Å². The summed E-state index contributed by atoms with van der Waals surface area (Å²) in [6.07, 6.45) is 5.73. The molecule has 0 nitrogen and oxygen atoms in total. The fourth-order valence-electron chi connectivity index (χ4n) is 1.76. The number of benzene rings is 1. The van der Waals surface area contributed by atoms with E-state index >= 15 is 0 Å². The molecule has 0 bridgehead atoms. The maximum absolute atomic E-state index is 2.30. The standard InChI is InChI=1S/C12H14/c1-9-3-5-11-6-4-10(2)8-12(11)7-9/h3-7,10H,8H2,1-2H3/t10-/m1/s1. The van der Waals surface area contributed by atoms with Crippen LogP contribution >= 0.6 is 0 Å². The molecule has 0 heteroatoms. The van der Waals surface area contributed by atoms with Crippen LogP contribution in [0.3, 0.4) is 0 Å². The Morgan fingerprint density at radius 3 is 3.00 bits per heavy atom. The third kappa shape index (κ3) is 1.29. The van der Waals surface area contributed by atoms with Crippen molar-refractivity contribution in [3.05, 3.63) is 41.0 Å². The minimum Gasteiger partial charge on any atom is -0.0808 e. The van der Waals surface area contributed by atoms with Gasteiger partial charge in [-0.3, -0.25) is 0 Å². The van der Waals surface area contributed by atoms with Crippen LogP contribution < -0.4 is 0 Å². The van der Waals surface area contributed by atoms with Gasteiger partial charge in [-0.1, -0.05) is 42.8 Å². The van der Waals surface area contributed by atoms with Crippen molar-refractivity contribution in [3.63, 3.8) is 0 Å². The second kappa shape index (κ2) is 2.78. The second-order valence-electron chi connectivity index (χ2n) is 3.74. The topological polar surface area (TPSA) is 0 Å². The first-order valence-electron chi connectivity index (χ1n) is 4.53. The van der Waals surface area contributed by atoms with E-state index in [1.165, 1.54) is 23.1 Å². The Bertz CT molecular complexity index is 321. The van der Waals surface area contributed by atoms with Crippen LogP contribution in [0.2, 0.25) is 0 Å². The lowest BCUT2D eigenvalue weighted by Gasteiger charge is -2.15. The molecule has 1 atom stereocenters. The molecular formula is C12H14. The van der Waals surface area contributed by atoms with Crippen LogP contribution in [0, 0.1) is 12.8 Å². The van der Waals surface area contributed by atoms with E-state index in [1.54, 1.807) is 0 Å². The Kier molecular flexibility index (Phi) is 1.76. The molecule has 12 heavy (non-hydrogen) atoms. The van der Waals surface area contributed by atoms with Gasteiger partial charge in [-0.25, -0.2) is 0 Å². The molecule has 1 aromatic rings. The van der Waals surface area contributed by atoms with Gasteiger partial charge in [0, 0.05) is 0 Å². The smallest absolute Gasteiger partial charge is 0.0212 e. The first kappa shape index (κ1) is 7.60. The van der Waals surface area contributed by atoms with Gasteiger partial charge in [-0.05, 0) is 30.4 Å². The SMILES string of the molecule is Cc1ccc2c(c1)C[C@H](C)C=C2. The summed E-state index contributed by atoms with van der Waals surface area (Å²) in [6, 6.07) is 6.70. The lowest BCUT2D eigenvalue weighted by molar-refractivity contribution is 0.717. The number of rotatable bonds is 0. The van der Waals surface area contributed by atoms with Gasteiger partial charge in [-0.15, -0.1) is 0 Å². The fourth-order valence-corrected chi connectivity index (χ4v) is 1.76. The molecule has 0 heterocycles. The molecule has 0 unspecified atom stereocenters. The summed E-state index contributed by atoms with van der Waals surface area (Å²) in [5.74, 6) is 0.708. The van der Waals surface area contributed by atoms with E-state index in [0.29, 0.717) is 5.92 Å². The predicted molar refractivity (Wildman–Crippen MR) is 53.1 cm³/mol. The molecule has 0 spiro atoms. The Balaban J connectivity index is 2.47. The molecule has 0 saturated heterocycles. The van der Waals surface area contributed by atoms with Crippen LogP contribution in [0.1, 0.15) is 23.6 Å². The van der Waals surface area contributed by atoms with Crippen LogP contribution in [0.4, 0.5) is 0 Å². The van der Waals surface area contributed by atoms with E-state index in [-0.39, 0.29) is 0 Å². The van der Waals surface area contributed by atoms with Gasteiger partial charge in [0.2, 0.25) is 0 Å². The molecule has 0 aliphatic heterocycles. The van der Waals surface area contributed by atoms with E-state index in [9.17, 15) is 0 Å². The summed E-state index contributed by atoms with van der Waals surface area (Å²) < 4.78 is 0. The van der Waals surface area contributed by atoms with Crippen molar-refractivity contribution in [2.75, 3.05) is 0 Å². The van der Waals surface area contributed by atoms with Gasteiger partial charge in [0.05, 0.1) is 0 Å². The van der Waals surface area contributed by atoms with Crippen LogP contribution in [0.25, 0.3) is 6.08 Å². The van der Waals surface area contributed by atoms with Crippen molar-refractivity contribution < 1.29 is 0 Å². The van der Waals surface area contributed by atoms with Crippen LogP contribution in [0.15, 0.2) is 24.3 Å². The Morgan fingerprint density at radius 1 is 1.33 bits per heavy atom. The average molecular weight is 158 g/mol. The van der Waals surface area contributed by atoms with Crippen LogP contribution in [-0.2, 0) is 6.42 Å². The van der Waals surface area contributed by atoms with Gasteiger partial charge in [0.15, 0.2) is 0 Å². The zero-order chi connectivity index (χ0) is 8.55. The lowest BCUT2D eigenvalue weighted by atomic mass is 9.90. The Hall–Kier alpha value is -1.04. The Labute approximate surface area is 73.9 Å². The molecule has 2 rings (SSSR count). The maximum atomic E-state index is 2.30. The molecule has 1 aliphatic carbocycles. The van der Waals surface area contributed by atoms with E-state index in [0.717, 1.165) is 0 Å². The molecular weight excluding hydrogens is 144 g/mol. The molecule has 1 aromatic carbocycles. The highest BCUT2D eigenvalue weighted by molar-refractivity contribution is 5.57. The molecule has 0 radical (unpaired) electrons. The van der Waals surface area contributed by atoms with Crippen LogP contribution in [-0.4, -0.2) is 0 Å². The highest BCUT2D eigenvalue weighted by atomic mass is 14.1. The number of hydrogen-bond donors (Lipinski definition) is 0. The van der Waals surface area contributed by atoms with E-state index in [1.807, 2.05) is 0 Å². The molecule has 0 saturated carbocycles. The van der Waals surface area contributed by atoms with Crippen molar-refractivity contribution in [2.24, 2.45) is 5.92 Å². The van der Waals surface area contributed by atoms with Crippen LogP contribution in [0.5, 0.6) is 0 Å². The number of aryl methyl sites for hydroxylation is 1. The molecule has 0 aromatic heterocycles. The van der Waals surface area contributed by atoms with Crippen molar-refractivity contribution in [1.82, 2.24) is 0 Å². The normalized spacial score (nSPS) is 20.7. The molecule has 62 valence electrons.